The van der Waals surface area contributed by atoms with Gasteiger partial charge in [0.05, 0.1) is 6.54 Å². The second kappa shape index (κ2) is 8.65. The average molecular weight is 385 g/mol. The summed E-state index contributed by atoms with van der Waals surface area (Å²) >= 11 is 0. The van der Waals surface area contributed by atoms with Gasteiger partial charge in [0.15, 0.2) is 0 Å². The van der Waals surface area contributed by atoms with Crippen molar-refractivity contribution in [1.82, 2.24) is 15.0 Å². The van der Waals surface area contributed by atoms with Crippen molar-refractivity contribution in [2.75, 3.05) is 19.6 Å². The van der Waals surface area contributed by atoms with Crippen molar-refractivity contribution in [2.24, 2.45) is 11.7 Å². The summed E-state index contributed by atoms with van der Waals surface area (Å²) in [4.78, 5) is 6.95. The molecule has 5 nitrogen and oxygen atoms in total. The van der Waals surface area contributed by atoms with Crippen molar-refractivity contribution >= 4 is 12.4 Å². The molecule has 1 aromatic heterocycles. The van der Waals surface area contributed by atoms with E-state index in [9.17, 15) is 0 Å². The predicted molar refractivity (Wildman–Crippen MR) is 109 cm³/mol. The number of rotatable bonds is 5. The molecule has 2 N–H and O–H groups in total. The smallest absolute Gasteiger partial charge is 0.241 e. The SMILES string of the molecule is Cc1cccc(-c2noc(CN3C[C@@H](CN)[C@H](c4ccccc4)C3)n2)c1.Cl. The van der Waals surface area contributed by atoms with E-state index in [1.165, 1.54) is 11.1 Å². The van der Waals surface area contributed by atoms with Crippen LogP contribution in [0, 0.1) is 12.8 Å². The van der Waals surface area contributed by atoms with Gasteiger partial charge in [-0.25, -0.2) is 0 Å². The van der Waals surface area contributed by atoms with Gasteiger partial charge in [-0.05, 0) is 31.0 Å². The molecular formula is C21H25ClN4O. The minimum atomic E-state index is 0. The molecule has 3 aromatic rings. The lowest BCUT2D eigenvalue weighted by atomic mass is 9.89. The Balaban J connectivity index is 0.00000210. The van der Waals surface area contributed by atoms with Crippen LogP contribution in [-0.2, 0) is 6.54 Å². The summed E-state index contributed by atoms with van der Waals surface area (Å²) in [6.45, 7) is 5.34. The minimum Gasteiger partial charge on any atom is -0.338 e. The molecule has 1 fully saturated rings. The van der Waals surface area contributed by atoms with Crippen LogP contribution in [0.3, 0.4) is 0 Å². The maximum atomic E-state index is 6.03. The Kier molecular flexibility index (Phi) is 6.26. The van der Waals surface area contributed by atoms with Crippen LogP contribution in [0.4, 0.5) is 0 Å². The van der Waals surface area contributed by atoms with E-state index in [4.69, 9.17) is 10.3 Å². The van der Waals surface area contributed by atoms with Crippen LogP contribution in [-0.4, -0.2) is 34.7 Å². The van der Waals surface area contributed by atoms with Crippen LogP contribution in [0.1, 0.15) is 22.9 Å². The van der Waals surface area contributed by atoms with Gasteiger partial charge in [-0.1, -0.05) is 59.3 Å². The van der Waals surface area contributed by atoms with E-state index in [-0.39, 0.29) is 12.4 Å². The van der Waals surface area contributed by atoms with Crippen LogP contribution in [0.25, 0.3) is 11.4 Å². The molecule has 0 unspecified atom stereocenters. The highest BCUT2D eigenvalue weighted by Crippen LogP contribution is 2.32. The first kappa shape index (κ1) is 19.5. The summed E-state index contributed by atoms with van der Waals surface area (Å²) in [6.07, 6.45) is 0. The largest absolute Gasteiger partial charge is 0.338 e. The minimum absolute atomic E-state index is 0. The first-order chi connectivity index (χ1) is 12.7. The van der Waals surface area contributed by atoms with E-state index < -0.39 is 0 Å². The molecule has 142 valence electrons. The van der Waals surface area contributed by atoms with E-state index in [2.05, 4.69) is 64.4 Å². The van der Waals surface area contributed by atoms with Crippen molar-refractivity contribution in [3.05, 3.63) is 71.6 Å². The zero-order valence-electron chi connectivity index (χ0n) is 15.4. The number of benzene rings is 2. The molecule has 0 radical (unpaired) electrons. The standard InChI is InChI=1S/C21H24N4O.ClH/c1-15-6-5-9-17(10-15)21-23-20(26-24-21)14-25-12-18(11-22)19(13-25)16-7-3-2-4-8-16;/h2-10,18-19H,11-14,22H2,1H3;1H/t18-,19+;/m1./s1. The average Bonchev–Trinajstić information content (AvgIpc) is 3.30. The lowest BCUT2D eigenvalue weighted by Gasteiger charge is -2.16. The summed E-state index contributed by atoms with van der Waals surface area (Å²) < 4.78 is 5.50. The Morgan fingerprint density at radius 2 is 1.93 bits per heavy atom. The fourth-order valence-corrected chi connectivity index (χ4v) is 3.82. The van der Waals surface area contributed by atoms with Gasteiger partial charge in [0.2, 0.25) is 11.7 Å². The zero-order valence-corrected chi connectivity index (χ0v) is 16.2. The lowest BCUT2D eigenvalue weighted by molar-refractivity contribution is 0.260. The molecule has 0 spiro atoms. The number of hydrogen-bond acceptors (Lipinski definition) is 5. The van der Waals surface area contributed by atoms with Gasteiger partial charge in [0.25, 0.3) is 0 Å². The fourth-order valence-electron chi connectivity index (χ4n) is 3.82. The molecule has 0 aliphatic carbocycles. The molecule has 6 heteroatoms. The highest BCUT2D eigenvalue weighted by atomic mass is 35.5. The number of nitrogens with zero attached hydrogens (tertiary/aromatic N) is 3. The molecule has 1 saturated heterocycles. The molecule has 27 heavy (non-hydrogen) atoms. The van der Waals surface area contributed by atoms with E-state index in [1.807, 2.05) is 12.1 Å². The number of likely N-dealkylation sites (tertiary alicyclic amines) is 1. The van der Waals surface area contributed by atoms with Crippen molar-refractivity contribution in [2.45, 2.75) is 19.4 Å². The second-order valence-electron chi connectivity index (χ2n) is 7.09. The molecule has 1 aliphatic rings. The Morgan fingerprint density at radius 3 is 2.67 bits per heavy atom. The molecule has 0 amide bonds. The van der Waals surface area contributed by atoms with Crippen LogP contribution < -0.4 is 5.73 Å². The lowest BCUT2D eigenvalue weighted by Crippen LogP contribution is -2.23. The van der Waals surface area contributed by atoms with Gasteiger partial charge < -0.3 is 10.3 Å². The normalized spacial score (nSPS) is 19.8. The molecule has 0 bridgehead atoms. The van der Waals surface area contributed by atoms with E-state index in [0.29, 0.717) is 36.6 Å². The summed E-state index contributed by atoms with van der Waals surface area (Å²) in [7, 11) is 0. The number of aryl methyl sites for hydroxylation is 1. The molecule has 2 aromatic carbocycles. The predicted octanol–water partition coefficient (Wildman–Crippen LogP) is 3.64. The third-order valence-corrected chi connectivity index (χ3v) is 5.15. The number of aromatic nitrogens is 2. The van der Waals surface area contributed by atoms with Crippen LogP contribution >= 0.6 is 12.4 Å². The van der Waals surface area contributed by atoms with E-state index >= 15 is 0 Å². The number of nitrogens with two attached hydrogens (primary N) is 1. The van der Waals surface area contributed by atoms with Gasteiger partial charge in [-0.2, -0.15) is 4.98 Å². The highest BCUT2D eigenvalue weighted by Gasteiger charge is 2.33. The van der Waals surface area contributed by atoms with Crippen LogP contribution in [0.15, 0.2) is 59.1 Å². The Hall–Kier alpha value is -2.21. The molecule has 0 saturated carbocycles. The molecule has 2 heterocycles. The van der Waals surface area contributed by atoms with Gasteiger partial charge in [-0.15, -0.1) is 12.4 Å². The molecule has 4 rings (SSSR count). The van der Waals surface area contributed by atoms with Crippen molar-refractivity contribution in [3.8, 4) is 11.4 Å². The van der Waals surface area contributed by atoms with E-state index in [0.717, 1.165) is 18.7 Å². The Bertz CT molecular complexity index is 867. The number of hydrogen-bond donors (Lipinski definition) is 1. The summed E-state index contributed by atoms with van der Waals surface area (Å²) in [6, 6.07) is 18.8. The first-order valence-electron chi connectivity index (χ1n) is 9.10. The Morgan fingerprint density at radius 1 is 1.11 bits per heavy atom. The van der Waals surface area contributed by atoms with Gasteiger partial charge >= 0.3 is 0 Å². The monoisotopic (exact) mass is 384 g/mol. The van der Waals surface area contributed by atoms with Crippen molar-refractivity contribution in [1.29, 1.82) is 0 Å². The third-order valence-electron chi connectivity index (χ3n) is 5.15. The van der Waals surface area contributed by atoms with Crippen LogP contribution in [0.5, 0.6) is 0 Å². The quantitative estimate of drug-likeness (QED) is 0.727. The first-order valence-corrected chi connectivity index (χ1v) is 9.10. The maximum Gasteiger partial charge on any atom is 0.241 e. The Labute approximate surface area is 166 Å². The van der Waals surface area contributed by atoms with Crippen LogP contribution in [0.2, 0.25) is 0 Å². The molecule has 2 atom stereocenters. The van der Waals surface area contributed by atoms with Gasteiger partial charge in [0, 0.05) is 24.6 Å². The van der Waals surface area contributed by atoms with E-state index in [1.54, 1.807) is 0 Å². The molecular weight excluding hydrogens is 360 g/mol. The van der Waals surface area contributed by atoms with Crippen molar-refractivity contribution in [3.63, 3.8) is 0 Å². The second-order valence-corrected chi connectivity index (χ2v) is 7.09. The summed E-state index contributed by atoms with van der Waals surface area (Å²) in [5.41, 5.74) is 9.57. The topological polar surface area (TPSA) is 68.2 Å². The van der Waals surface area contributed by atoms with Gasteiger partial charge in [0.1, 0.15) is 0 Å². The maximum absolute atomic E-state index is 6.03. The summed E-state index contributed by atoms with van der Waals surface area (Å²) in [5, 5.41) is 4.15. The summed E-state index contributed by atoms with van der Waals surface area (Å²) in [5.74, 6) is 2.22. The van der Waals surface area contributed by atoms with Gasteiger partial charge in [-0.3, -0.25) is 4.90 Å². The third kappa shape index (κ3) is 4.38. The highest BCUT2D eigenvalue weighted by molar-refractivity contribution is 5.85. The number of halogens is 1. The van der Waals surface area contributed by atoms with Crippen molar-refractivity contribution < 1.29 is 4.52 Å². The molecule has 1 aliphatic heterocycles. The zero-order chi connectivity index (χ0) is 17.9. The fraction of sp³-hybridized carbons (Fsp3) is 0.333.